The quantitative estimate of drug-likeness (QED) is 0.749. The maximum absolute atomic E-state index is 11.3. The Hall–Kier alpha value is -1.34. The van der Waals surface area contributed by atoms with Gasteiger partial charge in [-0.1, -0.05) is 0 Å². The predicted octanol–water partition coefficient (Wildman–Crippen LogP) is 1.71. The highest BCUT2D eigenvalue weighted by Crippen LogP contribution is 2.06. The van der Waals surface area contributed by atoms with Gasteiger partial charge in [0.15, 0.2) is 0 Å². The molecular weight excluding hydrogens is 196 g/mol. The highest BCUT2D eigenvalue weighted by atomic mass is 32.1. The van der Waals surface area contributed by atoms with Crippen LogP contribution < -0.4 is 5.32 Å². The molecule has 0 fully saturated rings. The Morgan fingerprint density at radius 2 is 2.50 bits per heavy atom. The predicted molar refractivity (Wildman–Crippen MR) is 55.9 cm³/mol. The lowest BCUT2D eigenvalue weighted by Gasteiger charge is -2.01. The third-order valence-electron chi connectivity index (χ3n) is 1.73. The lowest BCUT2D eigenvalue weighted by molar-refractivity contribution is -0.120. The molecule has 0 saturated heterocycles. The lowest BCUT2D eigenvalue weighted by Crippen LogP contribution is -2.25. The molecule has 0 atom stereocenters. The van der Waals surface area contributed by atoms with Crippen molar-refractivity contribution < 1.29 is 4.79 Å². The zero-order valence-corrected chi connectivity index (χ0v) is 8.64. The summed E-state index contributed by atoms with van der Waals surface area (Å²) in [4.78, 5) is 11.3. The Labute approximate surface area is 87.4 Å². The minimum Gasteiger partial charge on any atom is -0.356 e. The van der Waals surface area contributed by atoms with Gasteiger partial charge < -0.3 is 5.32 Å². The fraction of sp³-hybridized carbons (Fsp3) is 0.400. The molecule has 0 saturated carbocycles. The fourth-order valence-corrected chi connectivity index (χ4v) is 1.71. The van der Waals surface area contributed by atoms with E-state index in [4.69, 9.17) is 5.26 Å². The van der Waals surface area contributed by atoms with E-state index in [1.807, 2.05) is 22.9 Å². The van der Waals surface area contributed by atoms with Gasteiger partial charge in [-0.15, -0.1) is 0 Å². The van der Waals surface area contributed by atoms with Crippen molar-refractivity contribution in [3.63, 3.8) is 0 Å². The summed E-state index contributed by atoms with van der Waals surface area (Å²) >= 11 is 1.59. The van der Waals surface area contributed by atoms with Crippen molar-refractivity contribution in [2.24, 2.45) is 0 Å². The molecule has 14 heavy (non-hydrogen) atoms. The second-order valence-corrected chi connectivity index (χ2v) is 3.70. The van der Waals surface area contributed by atoms with Crippen molar-refractivity contribution in [3.05, 3.63) is 22.4 Å². The normalized spacial score (nSPS) is 9.36. The highest BCUT2D eigenvalue weighted by molar-refractivity contribution is 7.07. The van der Waals surface area contributed by atoms with Crippen molar-refractivity contribution in [3.8, 4) is 6.07 Å². The van der Waals surface area contributed by atoms with Crippen molar-refractivity contribution >= 4 is 17.2 Å². The molecule has 0 aromatic carbocycles. The number of nitrogens with one attached hydrogen (secondary N) is 1. The number of nitriles is 1. The van der Waals surface area contributed by atoms with Gasteiger partial charge in [-0.3, -0.25) is 4.79 Å². The van der Waals surface area contributed by atoms with E-state index in [0.717, 1.165) is 12.0 Å². The summed E-state index contributed by atoms with van der Waals surface area (Å²) in [6, 6.07) is 3.98. The van der Waals surface area contributed by atoms with Crippen molar-refractivity contribution in [2.75, 3.05) is 6.54 Å². The highest BCUT2D eigenvalue weighted by Gasteiger charge is 2.01. The number of thiophene rings is 1. The Bertz CT molecular complexity index is 313. The van der Waals surface area contributed by atoms with Gasteiger partial charge in [0.25, 0.3) is 0 Å². The summed E-state index contributed by atoms with van der Waals surface area (Å²) in [6.45, 7) is 0.594. The van der Waals surface area contributed by atoms with Crippen LogP contribution in [0.5, 0.6) is 0 Å². The van der Waals surface area contributed by atoms with Gasteiger partial charge in [0.2, 0.25) is 5.91 Å². The summed E-state index contributed by atoms with van der Waals surface area (Å²) in [5.41, 5.74) is 1.05. The molecule has 1 aromatic heterocycles. The third-order valence-corrected chi connectivity index (χ3v) is 2.46. The topological polar surface area (TPSA) is 52.9 Å². The van der Waals surface area contributed by atoms with Crippen LogP contribution in [-0.4, -0.2) is 12.5 Å². The van der Waals surface area contributed by atoms with Gasteiger partial charge in [-0.2, -0.15) is 16.6 Å². The second-order valence-electron chi connectivity index (χ2n) is 2.92. The largest absolute Gasteiger partial charge is 0.356 e. The molecule has 0 aliphatic carbocycles. The second kappa shape index (κ2) is 6.17. The molecule has 1 heterocycles. The molecule has 0 bridgehead atoms. The minimum atomic E-state index is 0.0290. The minimum absolute atomic E-state index is 0.0290. The van der Waals surface area contributed by atoms with Crippen LogP contribution in [0.1, 0.15) is 18.4 Å². The van der Waals surface area contributed by atoms with Crippen LogP contribution >= 0.6 is 11.3 Å². The first-order valence-electron chi connectivity index (χ1n) is 4.47. The van der Waals surface area contributed by atoms with Gasteiger partial charge in [0, 0.05) is 13.0 Å². The molecule has 0 aliphatic heterocycles. The van der Waals surface area contributed by atoms with E-state index in [1.54, 1.807) is 11.3 Å². The Kier molecular flexibility index (Phi) is 4.73. The van der Waals surface area contributed by atoms with Gasteiger partial charge in [0.05, 0.1) is 12.5 Å². The van der Waals surface area contributed by atoms with Crippen LogP contribution in [0.2, 0.25) is 0 Å². The number of unbranched alkanes of at least 4 members (excludes halogenated alkanes) is 1. The Balaban J connectivity index is 2.14. The lowest BCUT2D eigenvalue weighted by atomic mass is 10.2. The number of carbonyl (C=O) groups is 1. The summed E-state index contributed by atoms with van der Waals surface area (Å²) in [5, 5.41) is 15.0. The van der Waals surface area contributed by atoms with Crippen LogP contribution in [0.25, 0.3) is 0 Å². The van der Waals surface area contributed by atoms with Crippen LogP contribution in [0, 0.1) is 11.3 Å². The first-order chi connectivity index (χ1) is 6.83. The van der Waals surface area contributed by atoms with Crippen LogP contribution in [0.4, 0.5) is 0 Å². The molecular formula is C10H12N2OS. The first kappa shape index (κ1) is 10.7. The molecule has 3 nitrogen and oxygen atoms in total. The molecule has 0 spiro atoms. The van der Waals surface area contributed by atoms with E-state index in [9.17, 15) is 4.79 Å². The van der Waals surface area contributed by atoms with Crippen molar-refractivity contribution in [2.45, 2.75) is 19.3 Å². The third kappa shape index (κ3) is 4.06. The first-order valence-corrected chi connectivity index (χ1v) is 5.42. The summed E-state index contributed by atoms with van der Waals surface area (Å²) in [6.07, 6.45) is 1.67. The van der Waals surface area contributed by atoms with Gasteiger partial charge in [-0.25, -0.2) is 0 Å². The number of hydrogen-bond donors (Lipinski definition) is 1. The Morgan fingerprint density at radius 1 is 1.64 bits per heavy atom. The van der Waals surface area contributed by atoms with E-state index in [2.05, 4.69) is 5.32 Å². The summed E-state index contributed by atoms with van der Waals surface area (Å²) in [5.74, 6) is 0.0290. The number of nitrogens with zero attached hydrogens (tertiary/aromatic N) is 1. The molecule has 0 unspecified atom stereocenters. The maximum atomic E-state index is 11.3. The molecule has 0 aliphatic rings. The number of amides is 1. The number of carbonyl (C=O) groups excluding carboxylic acids is 1. The average molecular weight is 208 g/mol. The molecule has 1 N–H and O–H groups in total. The molecule has 1 aromatic rings. The van der Waals surface area contributed by atoms with Gasteiger partial charge in [-0.05, 0) is 28.8 Å². The van der Waals surface area contributed by atoms with E-state index < -0.39 is 0 Å². The van der Waals surface area contributed by atoms with Gasteiger partial charge >= 0.3 is 0 Å². The van der Waals surface area contributed by atoms with Crippen molar-refractivity contribution in [1.29, 1.82) is 5.26 Å². The molecule has 0 radical (unpaired) electrons. The van der Waals surface area contributed by atoms with Crippen molar-refractivity contribution in [1.82, 2.24) is 5.32 Å². The molecule has 4 heteroatoms. The SMILES string of the molecule is N#CCCCNC(=O)Cc1ccsc1. The van der Waals surface area contributed by atoms with E-state index in [1.165, 1.54) is 0 Å². The van der Waals surface area contributed by atoms with E-state index in [-0.39, 0.29) is 5.91 Å². The summed E-state index contributed by atoms with van der Waals surface area (Å²) in [7, 11) is 0. The average Bonchev–Trinajstić information content (AvgIpc) is 2.65. The number of hydrogen-bond acceptors (Lipinski definition) is 3. The molecule has 1 rings (SSSR count). The van der Waals surface area contributed by atoms with E-state index in [0.29, 0.717) is 19.4 Å². The summed E-state index contributed by atoms with van der Waals surface area (Å²) < 4.78 is 0. The molecule has 74 valence electrons. The van der Waals surface area contributed by atoms with Crippen LogP contribution in [0.3, 0.4) is 0 Å². The van der Waals surface area contributed by atoms with Gasteiger partial charge in [0.1, 0.15) is 0 Å². The standard InChI is InChI=1S/C10H12N2OS/c11-4-1-2-5-12-10(13)7-9-3-6-14-8-9/h3,6,8H,1-2,5,7H2,(H,12,13). The zero-order valence-electron chi connectivity index (χ0n) is 7.82. The van der Waals surface area contributed by atoms with Crippen LogP contribution in [0.15, 0.2) is 16.8 Å². The smallest absolute Gasteiger partial charge is 0.224 e. The number of rotatable bonds is 5. The van der Waals surface area contributed by atoms with E-state index >= 15 is 0 Å². The fourth-order valence-electron chi connectivity index (χ4n) is 1.04. The zero-order chi connectivity index (χ0) is 10.2. The Morgan fingerprint density at radius 3 is 3.14 bits per heavy atom. The monoisotopic (exact) mass is 208 g/mol. The van der Waals surface area contributed by atoms with Crippen LogP contribution in [-0.2, 0) is 11.2 Å². The molecule has 1 amide bonds. The maximum Gasteiger partial charge on any atom is 0.224 e.